The van der Waals surface area contributed by atoms with Crippen LogP contribution in [0.2, 0.25) is 0 Å². The van der Waals surface area contributed by atoms with Gasteiger partial charge >= 0.3 is 0 Å². The topological polar surface area (TPSA) is 85.1 Å². The molecule has 2 fully saturated rings. The summed E-state index contributed by atoms with van der Waals surface area (Å²) in [5.41, 5.74) is 0.507. The van der Waals surface area contributed by atoms with Crippen molar-refractivity contribution in [2.24, 2.45) is 0 Å². The van der Waals surface area contributed by atoms with Gasteiger partial charge in [-0.3, -0.25) is 0 Å². The fraction of sp³-hybridized carbons (Fsp3) is 0.611. The molecule has 2 aromatic rings. The number of hydrogen-bond acceptors (Lipinski definition) is 6. The molecule has 2 aliphatic carbocycles. The third-order valence-electron chi connectivity index (χ3n) is 5.11. The first-order valence-corrected chi connectivity index (χ1v) is 9.37. The van der Waals surface area contributed by atoms with Gasteiger partial charge in [-0.1, -0.05) is 0 Å². The molecule has 0 bridgehead atoms. The van der Waals surface area contributed by atoms with Gasteiger partial charge in [0.1, 0.15) is 11.9 Å². The normalized spacial score (nSPS) is 20.3. The van der Waals surface area contributed by atoms with Crippen molar-refractivity contribution in [1.82, 2.24) is 19.7 Å². The molecule has 27 heavy (non-hydrogen) atoms. The molecule has 2 heterocycles. The van der Waals surface area contributed by atoms with E-state index in [9.17, 15) is 13.9 Å². The SMILES string of the molecule is OCc1ccn(-c2nc(NC3CCC(F)(F)CC3)cc(OC3CCC3)n2)n1. The van der Waals surface area contributed by atoms with Crippen molar-refractivity contribution in [2.45, 2.75) is 69.6 Å². The number of alkyl halides is 2. The highest BCUT2D eigenvalue weighted by Gasteiger charge is 2.35. The molecule has 0 aromatic carbocycles. The quantitative estimate of drug-likeness (QED) is 0.802. The lowest BCUT2D eigenvalue weighted by Gasteiger charge is -2.29. The molecular weight excluding hydrogens is 356 g/mol. The maximum absolute atomic E-state index is 13.4. The number of nitrogens with one attached hydrogen (secondary N) is 1. The number of aliphatic hydroxyl groups excluding tert-OH is 1. The molecule has 2 aliphatic rings. The Bertz CT molecular complexity index is 784. The number of anilines is 1. The Morgan fingerprint density at radius 2 is 2.00 bits per heavy atom. The van der Waals surface area contributed by atoms with Gasteiger partial charge in [-0.05, 0) is 38.2 Å². The van der Waals surface area contributed by atoms with Crippen molar-refractivity contribution < 1.29 is 18.6 Å². The zero-order valence-corrected chi connectivity index (χ0v) is 14.9. The van der Waals surface area contributed by atoms with Gasteiger partial charge in [0.15, 0.2) is 0 Å². The highest BCUT2D eigenvalue weighted by molar-refractivity contribution is 5.42. The average Bonchev–Trinajstić information content (AvgIpc) is 3.09. The molecule has 0 saturated heterocycles. The van der Waals surface area contributed by atoms with Crippen LogP contribution in [0.25, 0.3) is 5.95 Å². The first-order valence-electron chi connectivity index (χ1n) is 9.37. The van der Waals surface area contributed by atoms with Crippen LogP contribution in [0.1, 0.15) is 50.6 Å². The Morgan fingerprint density at radius 1 is 1.22 bits per heavy atom. The molecule has 0 atom stereocenters. The summed E-state index contributed by atoms with van der Waals surface area (Å²) < 4.78 is 34.1. The van der Waals surface area contributed by atoms with Crippen LogP contribution in [0.3, 0.4) is 0 Å². The number of ether oxygens (including phenoxy) is 1. The molecule has 0 amide bonds. The second kappa shape index (κ2) is 7.38. The van der Waals surface area contributed by atoms with Crippen LogP contribution in [0.4, 0.5) is 14.6 Å². The molecule has 0 unspecified atom stereocenters. The summed E-state index contributed by atoms with van der Waals surface area (Å²) >= 11 is 0. The molecular formula is C18H23F2N5O2. The highest BCUT2D eigenvalue weighted by atomic mass is 19.3. The summed E-state index contributed by atoms with van der Waals surface area (Å²) in [5, 5.41) is 16.7. The number of nitrogens with zero attached hydrogens (tertiary/aromatic N) is 4. The summed E-state index contributed by atoms with van der Waals surface area (Å²) in [7, 11) is 0. The fourth-order valence-corrected chi connectivity index (χ4v) is 3.26. The smallest absolute Gasteiger partial charge is 0.255 e. The van der Waals surface area contributed by atoms with E-state index in [1.165, 1.54) is 4.68 Å². The third-order valence-corrected chi connectivity index (χ3v) is 5.11. The lowest BCUT2D eigenvalue weighted by atomic mass is 9.92. The van der Waals surface area contributed by atoms with Gasteiger partial charge in [-0.25, -0.2) is 13.5 Å². The average molecular weight is 379 g/mol. The minimum absolute atomic E-state index is 0.0606. The number of aromatic nitrogens is 4. The number of hydrogen-bond donors (Lipinski definition) is 2. The molecule has 0 aliphatic heterocycles. The van der Waals surface area contributed by atoms with Gasteiger partial charge in [0.2, 0.25) is 11.8 Å². The van der Waals surface area contributed by atoms with Crippen molar-refractivity contribution in [3.63, 3.8) is 0 Å². The lowest BCUT2D eigenvalue weighted by Crippen LogP contribution is -2.32. The number of rotatable bonds is 6. The van der Waals surface area contributed by atoms with Crippen LogP contribution in [0.15, 0.2) is 18.3 Å². The summed E-state index contributed by atoms with van der Waals surface area (Å²) in [6.07, 6.45) is 5.50. The third kappa shape index (κ3) is 4.35. The van der Waals surface area contributed by atoms with Crippen molar-refractivity contribution in [1.29, 1.82) is 0 Å². The minimum atomic E-state index is -2.57. The van der Waals surface area contributed by atoms with Gasteiger partial charge in [0.05, 0.1) is 12.3 Å². The molecule has 0 radical (unpaired) electrons. The Balaban J connectivity index is 1.55. The molecule has 4 rings (SSSR count). The summed E-state index contributed by atoms with van der Waals surface area (Å²) in [4.78, 5) is 8.88. The van der Waals surface area contributed by atoms with E-state index in [1.807, 2.05) is 0 Å². The molecule has 9 heteroatoms. The maximum Gasteiger partial charge on any atom is 0.255 e. The lowest BCUT2D eigenvalue weighted by molar-refractivity contribution is -0.0361. The van der Waals surface area contributed by atoms with Gasteiger partial charge in [-0.2, -0.15) is 15.1 Å². The molecule has 146 valence electrons. The molecule has 2 aromatic heterocycles. The predicted octanol–water partition coefficient (Wildman–Crippen LogP) is 3.08. The Labute approximate surface area is 155 Å². The fourth-order valence-electron chi connectivity index (χ4n) is 3.26. The summed E-state index contributed by atoms with van der Waals surface area (Å²) in [6.45, 7) is -0.174. The van der Waals surface area contributed by atoms with E-state index >= 15 is 0 Å². The van der Waals surface area contributed by atoms with Crippen LogP contribution in [0.5, 0.6) is 5.88 Å². The minimum Gasteiger partial charge on any atom is -0.474 e. The van der Waals surface area contributed by atoms with E-state index in [0.717, 1.165) is 19.3 Å². The number of aliphatic hydroxyl groups is 1. The van der Waals surface area contributed by atoms with E-state index in [0.29, 0.717) is 36.2 Å². The first kappa shape index (κ1) is 18.1. The van der Waals surface area contributed by atoms with E-state index in [4.69, 9.17) is 4.74 Å². The van der Waals surface area contributed by atoms with Crippen molar-refractivity contribution in [3.8, 4) is 11.8 Å². The van der Waals surface area contributed by atoms with E-state index in [1.54, 1.807) is 18.3 Å². The Morgan fingerprint density at radius 3 is 2.63 bits per heavy atom. The van der Waals surface area contributed by atoms with Gasteiger partial charge in [-0.15, -0.1) is 0 Å². The summed E-state index contributed by atoms with van der Waals surface area (Å²) in [5.74, 6) is -1.28. The van der Waals surface area contributed by atoms with E-state index in [2.05, 4.69) is 20.4 Å². The Hall–Kier alpha value is -2.29. The predicted molar refractivity (Wildman–Crippen MR) is 94.2 cm³/mol. The van der Waals surface area contributed by atoms with Crippen LogP contribution >= 0.6 is 0 Å². The van der Waals surface area contributed by atoms with E-state index in [-0.39, 0.29) is 31.6 Å². The second-order valence-electron chi connectivity index (χ2n) is 7.25. The van der Waals surface area contributed by atoms with Crippen LogP contribution in [0, 0.1) is 0 Å². The Kier molecular flexibility index (Phi) is 4.94. The second-order valence-corrected chi connectivity index (χ2v) is 7.25. The zero-order valence-electron chi connectivity index (χ0n) is 14.9. The molecule has 2 saturated carbocycles. The largest absolute Gasteiger partial charge is 0.474 e. The van der Waals surface area contributed by atoms with Gasteiger partial charge in [0.25, 0.3) is 5.95 Å². The monoisotopic (exact) mass is 379 g/mol. The van der Waals surface area contributed by atoms with Crippen LogP contribution < -0.4 is 10.1 Å². The van der Waals surface area contributed by atoms with Gasteiger partial charge in [0, 0.05) is 31.1 Å². The molecule has 7 nitrogen and oxygen atoms in total. The van der Waals surface area contributed by atoms with Crippen LogP contribution in [-0.2, 0) is 6.61 Å². The molecule has 2 N–H and O–H groups in total. The first-order chi connectivity index (χ1) is 13.0. The highest BCUT2D eigenvalue weighted by Crippen LogP contribution is 2.34. The van der Waals surface area contributed by atoms with Crippen LogP contribution in [-0.4, -0.2) is 42.9 Å². The van der Waals surface area contributed by atoms with Crippen molar-refractivity contribution >= 4 is 5.82 Å². The van der Waals surface area contributed by atoms with Crippen molar-refractivity contribution in [2.75, 3.05) is 5.32 Å². The van der Waals surface area contributed by atoms with Gasteiger partial charge < -0.3 is 15.2 Å². The maximum atomic E-state index is 13.4. The summed E-state index contributed by atoms with van der Waals surface area (Å²) in [6, 6.07) is 3.33. The van der Waals surface area contributed by atoms with E-state index < -0.39 is 5.92 Å². The zero-order chi connectivity index (χ0) is 18.9. The molecule has 0 spiro atoms. The number of halogens is 2. The van der Waals surface area contributed by atoms with Crippen molar-refractivity contribution in [3.05, 3.63) is 24.0 Å². The standard InChI is InChI=1S/C18H23F2N5O2/c19-18(20)7-4-12(5-8-18)21-15-10-16(27-14-2-1-3-14)23-17(22-15)25-9-6-13(11-26)24-25/h6,9-10,12,14,26H,1-5,7-8,11H2,(H,21,22,23).